The second-order valence-electron chi connectivity index (χ2n) is 5.92. The third-order valence-electron chi connectivity index (χ3n) is 3.88. The summed E-state index contributed by atoms with van der Waals surface area (Å²) in [5.41, 5.74) is 0.814. The van der Waals surface area contributed by atoms with Crippen molar-refractivity contribution >= 4 is 16.8 Å². The summed E-state index contributed by atoms with van der Waals surface area (Å²) in [6, 6.07) is 14.3. The fraction of sp³-hybridized carbons (Fsp3) is 0.350. The Morgan fingerprint density at radius 3 is 2.63 bits per heavy atom. The topological polar surface area (TPSA) is 53.9 Å². The molecule has 0 aromatic heterocycles. The summed E-state index contributed by atoms with van der Waals surface area (Å²) in [6.07, 6.45) is 0. The van der Waals surface area contributed by atoms with E-state index < -0.39 is 10.8 Å². The van der Waals surface area contributed by atoms with Crippen LogP contribution >= 0.6 is 0 Å². The Balaban J connectivity index is 1.99. The van der Waals surface area contributed by atoms with E-state index in [1.807, 2.05) is 55.3 Å². The number of halogens is 1. The van der Waals surface area contributed by atoms with E-state index in [-0.39, 0.29) is 11.6 Å². The van der Waals surface area contributed by atoms with E-state index in [2.05, 4.69) is 10.3 Å². The monoisotopic (exact) mass is 391 g/mol. The van der Waals surface area contributed by atoms with Crippen LogP contribution in [0.3, 0.4) is 0 Å². The summed E-state index contributed by atoms with van der Waals surface area (Å²) in [6.45, 7) is 3.63. The van der Waals surface area contributed by atoms with E-state index in [1.165, 1.54) is 13.2 Å². The third kappa shape index (κ3) is 6.36. The molecule has 1 unspecified atom stereocenters. The summed E-state index contributed by atoms with van der Waals surface area (Å²) < 4.78 is 31.1. The van der Waals surface area contributed by atoms with Gasteiger partial charge in [0.15, 0.2) is 17.5 Å². The van der Waals surface area contributed by atoms with Crippen LogP contribution in [0, 0.1) is 5.82 Å². The molecule has 0 heterocycles. The molecule has 0 amide bonds. The minimum Gasteiger partial charge on any atom is -0.494 e. The highest BCUT2D eigenvalue weighted by Crippen LogP contribution is 2.18. The second kappa shape index (κ2) is 10.7. The quantitative estimate of drug-likeness (QED) is 0.555. The zero-order valence-corrected chi connectivity index (χ0v) is 16.8. The van der Waals surface area contributed by atoms with Gasteiger partial charge in [0.25, 0.3) is 0 Å². The molecule has 0 spiro atoms. The molecule has 146 valence electrons. The highest BCUT2D eigenvalue weighted by atomic mass is 32.2. The number of hydrogen-bond donors (Lipinski definition) is 1. The molecule has 2 aromatic rings. The lowest BCUT2D eigenvalue weighted by Gasteiger charge is -2.22. The largest absolute Gasteiger partial charge is 0.494 e. The lowest BCUT2D eigenvalue weighted by molar-refractivity contribution is 0.385. The number of ether oxygens (including phenoxy) is 1. The Labute approximate surface area is 162 Å². The fourth-order valence-corrected chi connectivity index (χ4v) is 3.50. The first kappa shape index (κ1) is 20.9. The van der Waals surface area contributed by atoms with Crippen molar-refractivity contribution in [3.8, 4) is 5.75 Å². The van der Waals surface area contributed by atoms with E-state index in [0.29, 0.717) is 31.3 Å². The average molecular weight is 392 g/mol. The van der Waals surface area contributed by atoms with Gasteiger partial charge < -0.3 is 15.0 Å². The van der Waals surface area contributed by atoms with Gasteiger partial charge in [-0.25, -0.2) is 4.39 Å². The summed E-state index contributed by atoms with van der Waals surface area (Å²) in [5.74, 6) is 0.983. The zero-order chi connectivity index (χ0) is 19.6. The lowest BCUT2D eigenvalue weighted by Crippen LogP contribution is -2.38. The van der Waals surface area contributed by atoms with Crippen LogP contribution in [-0.4, -0.2) is 48.1 Å². The summed E-state index contributed by atoms with van der Waals surface area (Å²) in [5, 5.41) is 3.21. The normalized spacial score (nSPS) is 12.5. The van der Waals surface area contributed by atoms with Crippen LogP contribution in [-0.2, 0) is 17.3 Å². The van der Waals surface area contributed by atoms with Gasteiger partial charge in [0, 0.05) is 30.8 Å². The molecule has 1 N–H and O–H groups in total. The molecular weight excluding hydrogens is 365 g/mol. The van der Waals surface area contributed by atoms with Gasteiger partial charge in [0.1, 0.15) is 0 Å². The molecule has 0 saturated carbocycles. The number of nitrogens with one attached hydrogen (secondary N) is 1. The molecule has 0 aliphatic carbocycles. The van der Waals surface area contributed by atoms with E-state index in [0.717, 1.165) is 10.5 Å². The number of benzene rings is 2. The molecule has 0 fully saturated rings. The summed E-state index contributed by atoms with van der Waals surface area (Å²) in [7, 11) is 2.25. The number of nitrogens with zero attached hydrogens (tertiary/aromatic N) is 2. The Hall–Kier alpha value is -2.41. The maximum atomic E-state index is 13.9. The van der Waals surface area contributed by atoms with Gasteiger partial charge in [-0.3, -0.25) is 9.20 Å². The molecule has 1 atom stereocenters. The van der Waals surface area contributed by atoms with Crippen molar-refractivity contribution in [1.82, 2.24) is 10.2 Å². The first-order valence-electron chi connectivity index (χ1n) is 8.80. The van der Waals surface area contributed by atoms with Crippen LogP contribution in [0.5, 0.6) is 5.75 Å². The minimum absolute atomic E-state index is 0.227. The van der Waals surface area contributed by atoms with Gasteiger partial charge in [-0.2, -0.15) is 0 Å². The average Bonchev–Trinajstić information content (AvgIpc) is 2.68. The predicted molar refractivity (Wildman–Crippen MR) is 108 cm³/mol. The molecule has 5 nitrogen and oxygen atoms in total. The van der Waals surface area contributed by atoms with Crippen molar-refractivity contribution in [3.05, 3.63) is 59.9 Å². The Morgan fingerprint density at radius 1 is 1.26 bits per heavy atom. The number of methoxy groups -OCH3 is 1. The molecule has 27 heavy (non-hydrogen) atoms. The Bertz CT molecular complexity index is 784. The Morgan fingerprint density at radius 2 is 2.00 bits per heavy atom. The predicted octanol–water partition coefficient (Wildman–Crippen LogP) is 3.04. The van der Waals surface area contributed by atoms with Crippen molar-refractivity contribution < 1.29 is 13.3 Å². The molecule has 2 aromatic carbocycles. The van der Waals surface area contributed by atoms with Gasteiger partial charge in [-0.1, -0.05) is 24.3 Å². The number of rotatable bonds is 8. The standard InChI is InChI=1S/C20H26FN3O2S/c1-4-22-20(23-12-13-27(25)17-8-6-5-7-9-17)24(2)15-16-10-11-19(26-3)18(21)14-16/h5-11,14H,4,12-13,15H2,1-3H3,(H,22,23). The third-order valence-corrected chi connectivity index (χ3v) is 5.23. The van der Waals surface area contributed by atoms with Crippen LogP contribution < -0.4 is 10.1 Å². The van der Waals surface area contributed by atoms with Gasteiger partial charge in [0.05, 0.1) is 24.5 Å². The lowest BCUT2D eigenvalue weighted by atomic mass is 10.2. The molecule has 0 radical (unpaired) electrons. The number of guanidine groups is 1. The molecule has 0 aliphatic heterocycles. The van der Waals surface area contributed by atoms with E-state index in [1.54, 1.807) is 6.07 Å². The van der Waals surface area contributed by atoms with Crippen molar-refractivity contribution in [1.29, 1.82) is 0 Å². The highest BCUT2D eigenvalue weighted by Gasteiger charge is 2.10. The summed E-state index contributed by atoms with van der Waals surface area (Å²) in [4.78, 5) is 7.27. The van der Waals surface area contributed by atoms with Crippen LogP contribution in [0.2, 0.25) is 0 Å². The minimum atomic E-state index is -1.08. The van der Waals surface area contributed by atoms with Crippen LogP contribution in [0.4, 0.5) is 4.39 Å². The molecule has 0 bridgehead atoms. The van der Waals surface area contributed by atoms with Crippen molar-refractivity contribution in [3.63, 3.8) is 0 Å². The van der Waals surface area contributed by atoms with Gasteiger partial charge >= 0.3 is 0 Å². The van der Waals surface area contributed by atoms with Crippen LogP contribution in [0.1, 0.15) is 12.5 Å². The van der Waals surface area contributed by atoms with Crippen molar-refractivity contribution in [2.24, 2.45) is 4.99 Å². The fourth-order valence-electron chi connectivity index (χ4n) is 2.55. The first-order chi connectivity index (χ1) is 13.0. The maximum Gasteiger partial charge on any atom is 0.193 e. The van der Waals surface area contributed by atoms with Crippen molar-refractivity contribution in [2.45, 2.75) is 18.4 Å². The number of hydrogen-bond acceptors (Lipinski definition) is 3. The highest BCUT2D eigenvalue weighted by molar-refractivity contribution is 7.85. The van der Waals surface area contributed by atoms with Crippen molar-refractivity contribution in [2.75, 3.05) is 33.0 Å². The van der Waals surface area contributed by atoms with Gasteiger partial charge in [-0.15, -0.1) is 0 Å². The van der Waals surface area contributed by atoms with E-state index >= 15 is 0 Å². The Kier molecular flexibility index (Phi) is 8.26. The van der Waals surface area contributed by atoms with Crippen LogP contribution in [0.15, 0.2) is 58.4 Å². The van der Waals surface area contributed by atoms with E-state index in [4.69, 9.17) is 4.74 Å². The first-order valence-corrected chi connectivity index (χ1v) is 10.1. The van der Waals surface area contributed by atoms with Gasteiger partial charge in [-0.05, 0) is 36.8 Å². The molecule has 0 aliphatic rings. The second-order valence-corrected chi connectivity index (χ2v) is 7.49. The molecule has 0 saturated heterocycles. The number of aliphatic imine (C=N–C) groups is 1. The summed E-state index contributed by atoms with van der Waals surface area (Å²) >= 11 is 0. The maximum absolute atomic E-state index is 13.9. The smallest absolute Gasteiger partial charge is 0.193 e. The molecular formula is C20H26FN3O2S. The van der Waals surface area contributed by atoms with Crippen LogP contribution in [0.25, 0.3) is 0 Å². The van der Waals surface area contributed by atoms with Gasteiger partial charge in [0.2, 0.25) is 0 Å². The molecule has 2 rings (SSSR count). The zero-order valence-electron chi connectivity index (χ0n) is 15.9. The SMILES string of the molecule is CCNC(=NCCS(=O)c1ccccc1)N(C)Cc1ccc(OC)c(F)c1. The van der Waals surface area contributed by atoms with E-state index in [9.17, 15) is 8.60 Å². The molecule has 7 heteroatoms.